The normalized spacial score (nSPS) is 14.3. The second kappa shape index (κ2) is 15.2. The molecule has 0 saturated carbocycles. The molecular formula is C36H37Cl2N5O6. The van der Waals surface area contributed by atoms with Crippen molar-refractivity contribution in [1.29, 1.82) is 0 Å². The van der Waals surface area contributed by atoms with Gasteiger partial charge in [-0.15, -0.1) is 0 Å². The number of amides is 3. The molecule has 3 N–H and O–H groups in total. The number of anilines is 1. The largest absolute Gasteiger partial charge is 0.496 e. The highest BCUT2D eigenvalue weighted by atomic mass is 35.5. The number of hydrogen-bond acceptors (Lipinski definition) is 8. The molecule has 11 nitrogen and oxygen atoms in total. The van der Waals surface area contributed by atoms with E-state index in [1.54, 1.807) is 75.4 Å². The summed E-state index contributed by atoms with van der Waals surface area (Å²) in [5.41, 5.74) is 3.45. The predicted molar refractivity (Wildman–Crippen MR) is 188 cm³/mol. The zero-order chi connectivity index (χ0) is 35.3. The van der Waals surface area contributed by atoms with Crippen LogP contribution in [0.5, 0.6) is 5.75 Å². The first-order chi connectivity index (χ1) is 23.4. The molecule has 3 heterocycles. The number of aromatic nitrogens is 2. The summed E-state index contributed by atoms with van der Waals surface area (Å²) in [4.78, 5) is 48.2. The lowest BCUT2D eigenvalue weighted by molar-refractivity contribution is -0.119. The van der Waals surface area contributed by atoms with Crippen molar-refractivity contribution < 1.29 is 29.0 Å². The number of pyridine rings is 2. The van der Waals surface area contributed by atoms with E-state index in [0.717, 1.165) is 5.56 Å². The van der Waals surface area contributed by atoms with Crippen LogP contribution in [0, 0.1) is 0 Å². The van der Waals surface area contributed by atoms with E-state index in [1.165, 1.54) is 12.3 Å². The minimum absolute atomic E-state index is 0.0390. The molecule has 2 aromatic carbocycles. The molecule has 1 fully saturated rings. The summed E-state index contributed by atoms with van der Waals surface area (Å²) in [5, 5.41) is 15.6. The average molecular weight is 707 g/mol. The molecule has 4 aromatic rings. The van der Waals surface area contributed by atoms with E-state index in [1.807, 2.05) is 12.1 Å². The Morgan fingerprint density at radius 2 is 1.84 bits per heavy atom. The van der Waals surface area contributed by atoms with E-state index in [2.05, 4.69) is 20.6 Å². The van der Waals surface area contributed by atoms with Crippen molar-refractivity contribution in [2.75, 3.05) is 19.0 Å². The van der Waals surface area contributed by atoms with E-state index in [0.29, 0.717) is 57.2 Å². The zero-order valence-corrected chi connectivity index (χ0v) is 29.1. The number of methoxy groups -OCH3 is 1. The molecule has 1 saturated heterocycles. The molecule has 0 spiro atoms. The third kappa shape index (κ3) is 8.66. The minimum atomic E-state index is -0.700. The Labute approximate surface area is 294 Å². The summed E-state index contributed by atoms with van der Waals surface area (Å²) in [5.74, 6) is 0.00603. The molecule has 0 radical (unpaired) electrons. The van der Waals surface area contributed by atoms with E-state index in [9.17, 15) is 19.5 Å². The van der Waals surface area contributed by atoms with Gasteiger partial charge in [0, 0.05) is 53.7 Å². The van der Waals surface area contributed by atoms with Gasteiger partial charge in [0.05, 0.1) is 41.7 Å². The SMILES string of the molecule is COc1cc(-c2nccc(-c3cccc(NC(=O)c4ccc(CO)cn4)c3Cl)c2Cl)ccc1CN(C[C@@H]1CCC(=O)N1)C(=O)OC(C)(C)C. The van der Waals surface area contributed by atoms with E-state index in [-0.39, 0.29) is 42.4 Å². The zero-order valence-electron chi connectivity index (χ0n) is 27.5. The first-order valence-corrected chi connectivity index (χ1v) is 16.4. The van der Waals surface area contributed by atoms with Gasteiger partial charge in [-0.3, -0.25) is 19.6 Å². The van der Waals surface area contributed by atoms with Crippen molar-refractivity contribution in [2.24, 2.45) is 0 Å². The third-order valence-electron chi connectivity index (χ3n) is 7.77. The van der Waals surface area contributed by atoms with E-state index >= 15 is 0 Å². The first kappa shape index (κ1) is 35.6. The Bertz CT molecular complexity index is 1860. The number of aliphatic hydroxyl groups excluding tert-OH is 1. The van der Waals surface area contributed by atoms with Gasteiger partial charge in [-0.1, -0.05) is 53.5 Å². The molecule has 0 unspecified atom stereocenters. The highest BCUT2D eigenvalue weighted by Crippen LogP contribution is 2.41. The molecule has 2 aromatic heterocycles. The number of rotatable bonds is 10. The van der Waals surface area contributed by atoms with Crippen LogP contribution >= 0.6 is 23.2 Å². The summed E-state index contributed by atoms with van der Waals surface area (Å²) < 4.78 is 11.4. The predicted octanol–water partition coefficient (Wildman–Crippen LogP) is 6.89. The van der Waals surface area contributed by atoms with Crippen LogP contribution in [0.15, 0.2) is 67.0 Å². The number of carbonyl (C=O) groups excluding carboxylic acids is 3. The highest BCUT2D eigenvalue weighted by Gasteiger charge is 2.29. The van der Waals surface area contributed by atoms with E-state index < -0.39 is 17.6 Å². The van der Waals surface area contributed by atoms with Gasteiger partial charge >= 0.3 is 6.09 Å². The molecule has 5 rings (SSSR count). The second-order valence-corrected chi connectivity index (χ2v) is 13.3. The molecule has 3 amide bonds. The molecule has 1 aliphatic heterocycles. The minimum Gasteiger partial charge on any atom is -0.496 e. The van der Waals surface area contributed by atoms with Crippen LogP contribution < -0.4 is 15.4 Å². The number of carbonyl (C=O) groups is 3. The van der Waals surface area contributed by atoms with Gasteiger partial charge < -0.3 is 30.1 Å². The molecule has 1 atom stereocenters. The third-order valence-corrected chi connectivity index (χ3v) is 8.56. The van der Waals surface area contributed by atoms with E-state index in [4.69, 9.17) is 32.7 Å². The fourth-order valence-electron chi connectivity index (χ4n) is 5.37. The van der Waals surface area contributed by atoms with Gasteiger partial charge in [-0.05, 0) is 57.0 Å². The van der Waals surface area contributed by atoms with Crippen LogP contribution in [-0.2, 0) is 22.7 Å². The molecule has 49 heavy (non-hydrogen) atoms. The molecule has 0 aliphatic carbocycles. The fraction of sp³-hybridized carbons (Fsp3) is 0.306. The lowest BCUT2D eigenvalue weighted by Gasteiger charge is -2.29. The van der Waals surface area contributed by atoms with Crippen LogP contribution in [0.4, 0.5) is 10.5 Å². The van der Waals surface area contributed by atoms with Crippen molar-refractivity contribution >= 4 is 46.8 Å². The van der Waals surface area contributed by atoms with Crippen molar-refractivity contribution in [3.63, 3.8) is 0 Å². The number of nitrogens with one attached hydrogen (secondary N) is 2. The average Bonchev–Trinajstić information content (AvgIpc) is 3.49. The Morgan fingerprint density at radius 3 is 2.49 bits per heavy atom. The van der Waals surface area contributed by atoms with Gasteiger partial charge in [0.25, 0.3) is 5.91 Å². The van der Waals surface area contributed by atoms with Gasteiger partial charge in [0.15, 0.2) is 0 Å². The molecule has 13 heteroatoms. The summed E-state index contributed by atoms with van der Waals surface area (Å²) in [7, 11) is 1.54. The van der Waals surface area contributed by atoms with Crippen molar-refractivity contribution in [3.05, 3.63) is 93.9 Å². The molecule has 0 bridgehead atoms. The molecule has 1 aliphatic rings. The van der Waals surface area contributed by atoms with Crippen LogP contribution in [0.2, 0.25) is 10.0 Å². The summed E-state index contributed by atoms with van der Waals surface area (Å²) in [6.45, 7) is 5.70. The maximum Gasteiger partial charge on any atom is 0.410 e. The standard InChI is InChI=1S/C36H37Cl2N5O6/c1-36(2,3)49-35(47)43(19-24-11-13-30(45)41-24)18-23-10-9-22(16-29(23)48-4)33-32(38)26(14-15-39-33)25-6-5-7-27(31(25)37)42-34(46)28-12-8-21(20-44)17-40-28/h5-10,12,14-17,24,44H,11,13,18-20H2,1-4H3,(H,41,45)(H,42,46)/t24-/m0/s1. The second-order valence-electron chi connectivity index (χ2n) is 12.5. The quantitative estimate of drug-likeness (QED) is 0.162. The maximum absolute atomic E-state index is 13.2. The van der Waals surface area contributed by atoms with Crippen LogP contribution in [0.3, 0.4) is 0 Å². The van der Waals surface area contributed by atoms with Crippen LogP contribution in [0.25, 0.3) is 22.4 Å². The Kier molecular flexibility index (Phi) is 11.1. The van der Waals surface area contributed by atoms with Gasteiger partial charge in [0.1, 0.15) is 17.0 Å². The number of nitrogens with zero attached hydrogens (tertiary/aromatic N) is 3. The maximum atomic E-state index is 13.2. The molecular weight excluding hydrogens is 669 g/mol. The lowest BCUT2D eigenvalue weighted by Crippen LogP contribution is -2.43. The highest BCUT2D eigenvalue weighted by molar-refractivity contribution is 6.39. The van der Waals surface area contributed by atoms with Crippen molar-refractivity contribution in [1.82, 2.24) is 20.2 Å². The molecule has 256 valence electrons. The smallest absolute Gasteiger partial charge is 0.410 e. The van der Waals surface area contributed by atoms with Crippen molar-refractivity contribution in [3.8, 4) is 28.1 Å². The van der Waals surface area contributed by atoms with Gasteiger partial charge in [-0.25, -0.2) is 4.79 Å². The first-order valence-electron chi connectivity index (χ1n) is 15.6. The number of aliphatic hydroxyl groups is 1. The Hall–Kier alpha value is -4.71. The number of benzene rings is 2. The summed E-state index contributed by atoms with van der Waals surface area (Å²) >= 11 is 13.8. The van der Waals surface area contributed by atoms with Crippen LogP contribution in [0.1, 0.15) is 55.2 Å². The Balaban J connectivity index is 1.41. The Morgan fingerprint density at radius 1 is 1.06 bits per heavy atom. The topological polar surface area (TPSA) is 143 Å². The summed E-state index contributed by atoms with van der Waals surface area (Å²) in [6.07, 6.45) is 3.60. The number of hydrogen-bond donors (Lipinski definition) is 3. The fourth-order valence-corrected chi connectivity index (χ4v) is 5.96. The monoisotopic (exact) mass is 705 g/mol. The van der Waals surface area contributed by atoms with Gasteiger partial charge in [0.2, 0.25) is 5.91 Å². The summed E-state index contributed by atoms with van der Waals surface area (Å²) in [6, 6.07) is 15.4. The van der Waals surface area contributed by atoms with Crippen molar-refractivity contribution in [2.45, 2.75) is 58.4 Å². The number of ether oxygens (including phenoxy) is 2. The van der Waals surface area contributed by atoms with Crippen LogP contribution in [-0.4, -0.2) is 63.2 Å². The van der Waals surface area contributed by atoms with Gasteiger partial charge in [-0.2, -0.15) is 0 Å². The lowest BCUT2D eigenvalue weighted by atomic mass is 10.0. The number of halogens is 2.